The van der Waals surface area contributed by atoms with Crippen molar-refractivity contribution in [3.8, 4) is 0 Å². The van der Waals surface area contributed by atoms with Gasteiger partial charge in [0.2, 0.25) is 11.8 Å². The number of nitrogens with zero attached hydrogens (tertiary/aromatic N) is 2. The van der Waals surface area contributed by atoms with E-state index in [2.05, 4.69) is 5.32 Å². The second-order valence-corrected chi connectivity index (χ2v) is 12.1. The molecule has 3 atom stereocenters. The fourth-order valence-electron chi connectivity index (χ4n) is 5.14. The van der Waals surface area contributed by atoms with E-state index in [0.29, 0.717) is 16.8 Å². The SMILES string of the molecule is CC(C)(C)OC(=O)NC(Cc1ccccc1)C(O)CC(Cc1ccc([N+](=O)[O-])cc1)C(=O)N(CC(N)=O)c1ccccc1CCO. The van der Waals surface area contributed by atoms with E-state index < -0.39 is 53.0 Å². The van der Waals surface area contributed by atoms with Crippen molar-refractivity contribution >= 4 is 29.3 Å². The highest BCUT2D eigenvalue weighted by molar-refractivity contribution is 6.00. The summed E-state index contributed by atoms with van der Waals surface area (Å²) in [6.45, 7) is 4.50. The lowest BCUT2D eigenvalue weighted by atomic mass is 9.88. The van der Waals surface area contributed by atoms with Crippen molar-refractivity contribution in [3.05, 3.63) is 106 Å². The van der Waals surface area contributed by atoms with Gasteiger partial charge in [0.1, 0.15) is 12.1 Å². The fourth-order valence-corrected chi connectivity index (χ4v) is 5.14. The molecule has 0 aromatic heterocycles. The molecule has 0 saturated carbocycles. The van der Waals surface area contributed by atoms with Crippen molar-refractivity contribution in [2.24, 2.45) is 11.7 Å². The smallest absolute Gasteiger partial charge is 0.407 e. The van der Waals surface area contributed by atoms with Crippen LogP contribution in [0.4, 0.5) is 16.2 Å². The third kappa shape index (κ3) is 11.0. The Balaban J connectivity index is 2.02. The van der Waals surface area contributed by atoms with Gasteiger partial charge in [-0.2, -0.15) is 0 Å². The molecule has 0 radical (unpaired) electrons. The van der Waals surface area contributed by atoms with Gasteiger partial charge < -0.3 is 30.9 Å². The Morgan fingerprint density at radius 1 is 0.957 bits per heavy atom. The number of primary amides is 1. The highest BCUT2D eigenvalue weighted by Crippen LogP contribution is 2.27. The van der Waals surface area contributed by atoms with Gasteiger partial charge in [-0.1, -0.05) is 60.7 Å². The molecule has 246 valence electrons. The molecule has 3 aromatic rings. The number of alkyl carbamates (subject to hydrolysis) is 1. The Kier molecular flexibility index (Phi) is 12.8. The molecule has 0 aliphatic carbocycles. The van der Waals surface area contributed by atoms with Gasteiger partial charge in [-0.3, -0.25) is 19.7 Å². The van der Waals surface area contributed by atoms with Crippen molar-refractivity contribution in [2.75, 3.05) is 18.1 Å². The third-order valence-electron chi connectivity index (χ3n) is 7.21. The summed E-state index contributed by atoms with van der Waals surface area (Å²) in [5.74, 6) is -2.26. The lowest BCUT2D eigenvalue weighted by molar-refractivity contribution is -0.384. The number of carbonyl (C=O) groups is 3. The first-order valence-corrected chi connectivity index (χ1v) is 15.0. The van der Waals surface area contributed by atoms with Crippen LogP contribution in [0.25, 0.3) is 0 Å². The summed E-state index contributed by atoms with van der Waals surface area (Å²) in [5, 5.41) is 35.3. The number of nitrogens with one attached hydrogen (secondary N) is 1. The van der Waals surface area contributed by atoms with Crippen LogP contribution in [-0.2, 0) is 33.6 Å². The molecule has 0 bridgehead atoms. The van der Waals surface area contributed by atoms with Crippen LogP contribution in [0, 0.1) is 16.0 Å². The Morgan fingerprint density at radius 3 is 2.15 bits per heavy atom. The molecule has 0 fully saturated rings. The number of ether oxygens (including phenoxy) is 1. The van der Waals surface area contributed by atoms with Crippen LogP contribution in [0.3, 0.4) is 0 Å². The van der Waals surface area contributed by atoms with Gasteiger partial charge >= 0.3 is 6.09 Å². The van der Waals surface area contributed by atoms with E-state index >= 15 is 0 Å². The zero-order valence-electron chi connectivity index (χ0n) is 26.3. The van der Waals surface area contributed by atoms with Crippen molar-refractivity contribution < 1.29 is 34.3 Å². The lowest BCUT2D eigenvalue weighted by Gasteiger charge is -2.32. The summed E-state index contributed by atoms with van der Waals surface area (Å²) in [5.41, 5.74) is 7.07. The Labute approximate surface area is 268 Å². The van der Waals surface area contributed by atoms with E-state index in [9.17, 15) is 34.7 Å². The maximum Gasteiger partial charge on any atom is 0.407 e. The minimum atomic E-state index is -1.26. The number of amides is 3. The number of non-ortho nitro benzene ring substituents is 1. The highest BCUT2D eigenvalue weighted by atomic mass is 16.6. The van der Waals surface area contributed by atoms with Gasteiger partial charge in [-0.05, 0) is 69.2 Å². The molecule has 46 heavy (non-hydrogen) atoms. The molecule has 0 aliphatic heterocycles. The number of carbonyl (C=O) groups excluding carboxylic acids is 3. The van der Waals surface area contributed by atoms with E-state index in [4.69, 9.17) is 10.5 Å². The Morgan fingerprint density at radius 2 is 1.57 bits per heavy atom. The summed E-state index contributed by atoms with van der Waals surface area (Å²) >= 11 is 0. The number of nitrogens with two attached hydrogens (primary N) is 1. The van der Waals surface area contributed by atoms with Gasteiger partial charge in [0.05, 0.1) is 17.1 Å². The average molecular weight is 635 g/mol. The summed E-state index contributed by atoms with van der Waals surface area (Å²) in [6.07, 6.45) is -1.66. The quantitative estimate of drug-likeness (QED) is 0.144. The van der Waals surface area contributed by atoms with Crippen molar-refractivity contribution in [1.29, 1.82) is 0 Å². The summed E-state index contributed by atoms with van der Waals surface area (Å²) in [7, 11) is 0. The van der Waals surface area contributed by atoms with E-state index in [0.717, 1.165) is 5.56 Å². The van der Waals surface area contributed by atoms with Crippen molar-refractivity contribution in [1.82, 2.24) is 5.32 Å². The first-order valence-electron chi connectivity index (χ1n) is 15.0. The van der Waals surface area contributed by atoms with Crippen LogP contribution < -0.4 is 16.0 Å². The molecule has 0 aliphatic rings. The predicted molar refractivity (Wildman–Crippen MR) is 173 cm³/mol. The first kappa shape index (κ1) is 35.7. The zero-order chi connectivity index (χ0) is 33.9. The largest absolute Gasteiger partial charge is 0.444 e. The van der Waals surface area contributed by atoms with Gasteiger partial charge in [0.25, 0.3) is 5.69 Å². The molecule has 0 heterocycles. The molecule has 3 amide bonds. The topological polar surface area (TPSA) is 185 Å². The van der Waals surface area contributed by atoms with E-state index in [-0.39, 0.29) is 38.0 Å². The van der Waals surface area contributed by atoms with Crippen molar-refractivity contribution in [2.45, 2.75) is 64.2 Å². The molecular formula is C34H42N4O8. The molecule has 0 spiro atoms. The lowest BCUT2D eigenvalue weighted by Crippen LogP contribution is -2.49. The van der Waals surface area contributed by atoms with E-state index in [1.165, 1.54) is 29.2 Å². The van der Waals surface area contributed by atoms with Crippen LogP contribution in [0.2, 0.25) is 0 Å². The second-order valence-electron chi connectivity index (χ2n) is 12.1. The minimum absolute atomic E-state index is 0.0514. The van der Waals surface area contributed by atoms with Gasteiger partial charge in [0, 0.05) is 30.3 Å². The molecule has 0 saturated heterocycles. The number of aliphatic hydroxyl groups excluding tert-OH is 2. The molecule has 3 aromatic carbocycles. The van der Waals surface area contributed by atoms with E-state index in [1.54, 1.807) is 45.0 Å². The number of rotatable bonds is 15. The molecule has 3 unspecified atom stereocenters. The molecule has 12 heteroatoms. The number of hydrogen-bond acceptors (Lipinski definition) is 8. The fraction of sp³-hybridized carbons (Fsp3) is 0.382. The predicted octanol–water partition coefficient (Wildman–Crippen LogP) is 3.69. The van der Waals surface area contributed by atoms with Gasteiger partial charge in [-0.15, -0.1) is 0 Å². The van der Waals surface area contributed by atoms with Crippen LogP contribution in [0.1, 0.15) is 43.9 Å². The van der Waals surface area contributed by atoms with Crippen LogP contribution >= 0.6 is 0 Å². The Bertz CT molecular complexity index is 1470. The normalized spacial score (nSPS) is 13.2. The number of hydrogen-bond donors (Lipinski definition) is 4. The zero-order valence-corrected chi connectivity index (χ0v) is 26.3. The number of anilines is 1. The summed E-state index contributed by atoms with van der Waals surface area (Å²) < 4.78 is 5.45. The average Bonchev–Trinajstić information content (AvgIpc) is 2.99. The Hall–Kier alpha value is -4.81. The number of aliphatic hydroxyl groups is 2. The molecule has 3 rings (SSSR count). The van der Waals surface area contributed by atoms with Crippen LogP contribution in [0.5, 0.6) is 0 Å². The number of para-hydroxylation sites is 1. The molecular weight excluding hydrogens is 592 g/mol. The van der Waals surface area contributed by atoms with Gasteiger partial charge in [0.15, 0.2) is 0 Å². The van der Waals surface area contributed by atoms with E-state index in [1.807, 2.05) is 30.3 Å². The van der Waals surface area contributed by atoms with Gasteiger partial charge in [-0.25, -0.2) is 4.79 Å². The maximum atomic E-state index is 14.4. The number of nitro groups is 1. The molecule has 12 nitrogen and oxygen atoms in total. The first-order chi connectivity index (χ1) is 21.8. The number of nitro benzene ring substituents is 1. The van der Waals surface area contributed by atoms with Crippen molar-refractivity contribution in [3.63, 3.8) is 0 Å². The maximum absolute atomic E-state index is 14.4. The second kappa shape index (κ2) is 16.5. The summed E-state index contributed by atoms with van der Waals surface area (Å²) in [6, 6.07) is 20.9. The minimum Gasteiger partial charge on any atom is -0.444 e. The summed E-state index contributed by atoms with van der Waals surface area (Å²) in [4.78, 5) is 51.3. The standard InChI is InChI=1S/C34H42N4O8/c1-34(2,3)46-33(43)36-28(20-23-9-5-4-6-10-23)30(40)21-26(19-24-13-15-27(16-14-24)38(44)45)32(42)37(22-31(35)41)29-12-8-7-11-25(29)17-18-39/h4-16,26,28,30,39-40H,17-22H2,1-3H3,(H2,35,41)(H,36,43). The highest BCUT2D eigenvalue weighted by Gasteiger charge is 2.33. The third-order valence-corrected chi connectivity index (χ3v) is 7.21. The monoisotopic (exact) mass is 634 g/mol. The van der Waals surface area contributed by atoms with Crippen LogP contribution in [0.15, 0.2) is 78.9 Å². The van der Waals surface area contributed by atoms with Crippen LogP contribution in [-0.4, -0.2) is 63.9 Å². The number of benzene rings is 3. The molecule has 5 N–H and O–H groups in total.